The number of carbonyl (C=O) groups excluding carboxylic acids is 7. The fraction of sp³-hybridized carbons (Fsp3) is 0.171. The minimum absolute atomic E-state index is 0.00447. The maximum atomic E-state index is 12.5. The number of nitrogens with two attached hydrogens (primary N) is 1. The highest BCUT2D eigenvalue weighted by molar-refractivity contribution is 7.85. The van der Waals surface area contributed by atoms with Gasteiger partial charge in [-0.25, -0.2) is 34.1 Å². The number of carboxylic acids is 1. The minimum Gasteiger partial charge on any atom is -0.477 e. The maximum absolute atomic E-state index is 12.5. The molecule has 1 atom stereocenters. The van der Waals surface area contributed by atoms with Crippen molar-refractivity contribution in [1.29, 1.82) is 5.53 Å². The number of aryl methyl sites for hydroxylation is 2. The van der Waals surface area contributed by atoms with E-state index in [2.05, 4.69) is 42.3 Å². The lowest BCUT2D eigenvalue weighted by molar-refractivity contribution is -0.130. The van der Waals surface area contributed by atoms with Crippen LogP contribution in [0.1, 0.15) is 86.5 Å². The maximum Gasteiger partial charge on any atom is 0.352 e. The van der Waals surface area contributed by atoms with E-state index in [4.69, 9.17) is 55.7 Å². The lowest BCUT2D eigenvalue weighted by atomic mass is 9.94. The summed E-state index contributed by atoms with van der Waals surface area (Å²) < 4.78 is 42.9. The van der Waals surface area contributed by atoms with Crippen LogP contribution in [0.4, 0.5) is 39.8 Å². The Morgan fingerprint density at radius 2 is 0.857 bits per heavy atom. The molecule has 758 valence electrons. The molecule has 38 nitrogen and oxygen atoms in total. The Labute approximate surface area is 859 Å². The minimum atomic E-state index is -4.35. The number of carboxylic acid groups (broad SMARTS) is 1. The van der Waals surface area contributed by atoms with Gasteiger partial charge in [-0.05, 0) is 189 Å². The first-order valence-electron chi connectivity index (χ1n) is 44.9. The van der Waals surface area contributed by atoms with Gasteiger partial charge in [0.1, 0.15) is 17.3 Å². The fourth-order valence-corrected chi connectivity index (χ4v) is 15.5. The number of rotatable bonds is 15. The van der Waals surface area contributed by atoms with Crippen LogP contribution in [0.3, 0.4) is 0 Å². The molecule has 5 aliphatic heterocycles. The van der Waals surface area contributed by atoms with Gasteiger partial charge < -0.3 is 15.7 Å². The van der Waals surface area contributed by atoms with Crippen molar-refractivity contribution < 1.29 is 56.4 Å². The van der Waals surface area contributed by atoms with Gasteiger partial charge in [0, 0.05) is 86.5 Å². The lowest BCUT2D eigenvalue weighted by Gasteiger charge is -2.14. The van der Waals surface area contributed by atoms with Gasteiger partial charge in [0.15, 0.2) is 11.5 Å². The molecule has 0 fully saturated rings. The molecular weight excluding hydrogens is 1960 g/mol. The Bertz CT molecular complexity index is 7710. The largest absolute Gasteiger partial charge is 0.477 e. The summed E-state index contributed by atoms with van der Waals surface area (Å²) in [6, 6.07) is 85.9. The highest BCUT2D eigenvalue weighted by Gasteiger charge is 2.40. The molecule has 1 unspecified atom stereocenters. The molecule has 42 heteroatoms. The highest BCUT2D eigenvalue weighted by Crippen LogP contribution is 2.34. The number of hydrazone groups is 5. The van der Waals surface area contributed by atoms with Crippen molar-refractivity contribution in [3.8, 4) is 22.7 Å². The number of H-pyrrole nitrogens is 1. The van der Waals surface area contributed by atoms with Crippen molar-refractivity contribution in [2.24, 2.45) is 57.7 Å². The second-order valence-corrected chi connectivity index (χ2v) is 35.5. The van der Waals surface area contributed by atoms with E-state index >= 15 is 0 Å². The summed E-state index contributed by atoms with van der Waals surface area (Å²) in [7, 11) is 5.03. The van der Waals surface area contributed by atoms with E-state index in [1.54, 1.807) is 142 Å². The number of aromatic nitrogens is 8. The zero-order valence-corrected chi connectivity index (χ0v) is 85.2. The van der Waals surface area contributed by atoms with Crippen LogP contribution < -0.4 is 57.9 Å². The van der Waals surface area contributed by atoms with E-state index in [0.717, 1.165) is 96.5 Å². The number of hydrogen-bond donors (Lipinski definition) is 5. The van der Waals surface area contributed by atoms with Crippen LogP contribution in [-0.4, -0.2) is 146 Å². The predicted octanol–water partition coefficient (Wildman–Crippen LogP) is 16.7. The number of nitrogens with one attached hydrogen (secondary N) is 2. The van der Waals surface area contributed by atoms with E-state index in [9.17, 15) is 66.0 Å². The summed E-state index contributed by atoms with van der Waals surface area (Å²) in [5, 5.41) is 41.9. The first-order valence-corrected chi connectivity index (χ1v) is 47.4. The number of benzene rings is 10. The number of halogens is 3. The molecule has 19 rings (SSSR count). The van der Waals surface area contributed by atoms with Crippen LogP contribution in [-0.2, 0) is 64.8 Å². The normalized spacial score (nSPS) is 13.6. The number of ketones is 1. The molecule has 0 saturated heterocycles. The van der Waals surface area contributed by atoms with E-state index < -0.39 is 27.9 Å². The molecule has 6 N–H and O–H groups in total. The number of Topliss-reactive ketones (excluding diaryl/α,β-unsaturated/α-hetero) is 1. The van der Waals surface area contributed by atoms with Gasteiger partial charge in [-0.15, -0.1) is 5.11 Å². The van der Waals surface area contributed by atoms with Crippen molar-refractivity contribution in [2.45, 2.75) is 86.0 Å². The summed E-state index contributed by atoms with van der Waals surface area (Å²) in [5.74, 6) is -3.74. The highest BCUT2D eigenvalue weighted by atomic mass is 35.5. The van der Waals surface area contributed by atoms with Gasteiger partial charge in [-0.3, -0.25) is 76.4 Å². The van der Waals surface area contributed by atoms with Gasteiger partial charge in [-0.1, -0.05) is 193 Å². The summed E-state index contributed by atoms with van der Waals surface area (Å²) in [6.45, 7) is 17.7. The zero-order valence-electron chi connectivity index (χ0n) is 82.1. The molecule has 4 aromatic heterocycles. The van der Waals surface area contributed by atoms with Crippen molar-refractivity contribution in [2.75, 3.05) is 49.8 Å². The number of aliphatic carboxylic acids is 1. The molecule has 14 aromatic rings. The Morgan fingerprint density at radius 3 is 1.24 bits per heavy atom. The van der Waals surface area contributed by atoms with Gasteiger partial charge in [0.05, 0.1) is 109 Å². The molecule has 0 saturated carbocycles. The van der Waals surface area contributed by atoms with Crippen molar-refractivity contribution >= 4 is 160 Å². The fourth-order valence-electron chi connectivity index (χ4n) is 14.5. The first-order chi connectivity index (χ1) is 69.9. The molecule has 5 aliphatic rings. The van der Waals surface area contributed by atoms with Crippen molar-refractivity contribution in [1.82, 2.24) is 37.9 Å². The van der Waals surface area contributed by atoms with Gasteiger partial charge in [-0.2, -0.15) is 54.0 Å². The van der Waals surface area contributed by atoms with Crippen LogP contribution >= 0.6 is 34.8 Å². The molecule has 9 heterocycles. The Hall–Kier alpha value is -17.5. The summed E-state index contributed by atoms with van der Waals surface area (Å²) in [4.78, 5) is 140. The van der Waals surface area contributed by atoms with Crippen LogP contribution in [0.5, 0.6) is 0 Å². The van der Waals surface area contributed by atoms with E-state index in [1.807, 2.05) is 255 Å². The van der Waals surface area contributed by atoms with Crippen LogP contribution in [0.15, 0.2) is 359 Å². The summed E-state index contributed by atoms with van der Waals surface area (Å²) in [5.41, 5.74) is 25.6. The predicted molar refractivity (Wildman–Crippen MR) is 572 cm³/mol. The topological polar surface area (TPSA) is 473 Å². The molecule has 10 aromatic carbocycles. The van der Waals surface area contributed by atoms with Crippen LogP contribution in [0.2, 0.25) is 15.1 Å². The number of amides is 6. The van der Waals surface area contributed by atoms with Crippen LogP contribution in [0.25, 0.3) is 22.7 Å². The van der Waals surface area contributed by atoms with Crippen molar-refractivity contribution in [3.05, 3.63) is 389 Å². The second kappa shape index (κ2) is 51.4. The van der Waals surface area contributed by atoms with Crippen molar-refractivity contribution in [3.63, 3.8) is 0 Å². The quantitative estimate of drug-likeness (QED) is 0.0209. The van der Waals surface area contributed by atoms with Gasteiger partial charge in [0.25, 0.3) is 67.8 Å². The monoisotopic (exact) mass is 2070 g/mol. The second-order valence-electron chi connectivity index (χ2n) is 32.8. The number of aromatic amines is 1. The lowest BCUT2D eigenvalue weighted by Crippen LogP contribution is -2.32. The molecule has 0 aliphatic carbocycles. The number of para-hydroxylation sites is 7. The number of carbonyl (C=O) groups is 8. The third-order valence-corrected chi connectivity index (χ3v) is 23.6. The molecule has 147 heavy (non-hydrogen) atoms. The Morgan fingerprint density at radius 1 is 0.456 bits per heavy atom. The Kier molecular flexibility index (Phi) is 39.0. The number of anilines is 7. The SMILES string of the molecule is C=CC(=O)N=N.CC1=NN(c2cc(S(=O)(=O)O)ccc2Cl)C(=O)C1.CC1=NN(c2ccc(Cl)cc2)C(=O)C1.CC1=NN(c2ccccc2)C(=O)C1C(=O)c1ccccc1.CC1=NN(c2ccccc2Cl)C(=O)C1.Cc1c(N(C)C)c(=O)n(-c2ccccc2)n1C.Cc1c(N)c(=O)n(-c2ccccc2)n1C.Cc1cc(=O)n(-c2ccccc2)[nH]1.Cc1cc(=O)n(-c2ccccc2)n1C.O=C(O)C1=NN(c2ccccc2)C(=O)C1. The van der Waals surface area contributed by atoms with Gasteiger partial charge in [0.2, 0.25) is 0 Å². The molecule has 6 amide bonds. The third kappa shape index (κ3) is 28.9. The zero-order chi connectivity index (χ0) is 107. The van der Waals surface area contributed by atoms with E-state index in [-0.39, 0.29) is 91.7 Å². The number of hydrogen-bond acceptors (Lipinski definition) is 22. The van der Waals surface area contributed by atoms with E-state index in [1.165, 1.54) is 25.8 Å². The molecule has 0 spiro atoms. The molecule has 0 radical (unpaired) electrons. The average molecular weight is 2070 g/mol. The van der Waals surface area contributed by atoms with Gasteiger partial charge >= 0.3 is 5.97 Å². The average Bonchev–Trinajstić information content (AvgIpc) is 1.63. The number of nitrogen functional groups attached to an aromatic ring is 1. The molecular formula is C105H105Cl3N22O16S. The smallest absolute Gasteiger partial charge is 0.352 e. The van der Waals surface area contributed by atoms with Crippen LogP contribution in [0, 0.1) is 39.1 Å². The Balaban J connectivity index is 0.000000169. The number of nitrogens with zero attached hydrogens (tertiary/aromatic N) is 19. The molecule has 0 bridgehead atoms. The summed E-state index contributed by atoms with van der Waals surface area (Å²) in [6.07, 6.45) is 1.78. The third-order valence-electron chi connectivity index (χ3n) is 21.9. The van der Waals surface area contributed by atoms with E-state index in [0.29, 0.717) is 62.6 Å². The first kappa shape index (κ1) is 111. The standard InChI is InChI=1S/C17H14N2O2.C13H17N3O.C11H13N3O.C11H12N2O.C10H9ClN2O4S.2C10H9ClN2O.C10H8N2O3.C10H10N2O.C3H4N2O/c1-12-15(16(20)13-8-4-2-5-9-13)17(21)19(18-12)14-10-6-3-7-11-14;1-10-12(14(2)3)13(17)16(15(10)4)11-8-6-5-7-9-11;1-8-10(12)11(15)14(13(8)2)9-6-4-3-5-7-9;1-9-8-11(14)13(12(9)2)10-6-4-3-5-7-10;1-6-4-10(14)13(12-6)9-5-7(18(15,16)17)2-3-8(9)11;1-7-6-10(14)13(12-7)9-4-2-8(11)3-5-9;1-7-6-10(14)13(12-7)9-5-3-2-4-8(9)11;13-9-6-8(10(14)15)11-12(9)7-4-2-1-3-5-7;1-8-7-10(13)12(11-8)9-5-3-2-4-6-9;1-2-3(6)5-4/h2-11,15H,1H3;5-9H,1-4H3;3-7H,12H2,1-2H3;3-8H,1-2H3;2-3,5H,4H2,1H3,(H,15,16,17);2*2-5H,6H2,1H3;1-5H,6H2,(H,14,15);2-7,11H,1H3;2,4H,1H2. The summed E-state index contributed by atoms with van der Waals surface area (Å²) >= 11 is 17.6.